The van der Waals surface area contributed by atoms with Crippen molar-refractivity contribution in [3.05, 3.63) is 35.4 Å². The Balaban J connectivity index is 2.69. The van der Waals surface area contributed by atoms with Crippen LogP contribution in [0.4, 0.5) is 0 Å². The predicted molar refractivity (Wildman–Crippen MR) is 61.3 cm³/mol. The predicted octanol–water partition coefficient (Wildman–Crippen LogP) is -0.515. The van der Waals surface area contributed by atoms with Gasteiger partial charge in [-0.05, 0) is 19.1 Å². The van der Waals surface area contributed by atoms with Gasteiger partial charge in [0.2, 0.25) is 0 Å². The van der Waals surface area contributed by atoms with Crippen molar-refractivity contribution < 1.29 is 34.4 Å². The van der Waals surface area contributed by atoms with E-state index in [1.807, 2.05) is 0 Å². The first kappa shape index (κ1) is 14.8. The van der Waals surface area contributed by atoms with Crippen LogP contribution in [0, 0.1) is 6.92 Å². The van der Waals surface area contributed by atoms with E-state index < -0.39 is 30.1 Å². The summed E-state index contributed by atoms with van der Waals surface area (Å²) in [4.78, 5) is 33.0. The Bertz CT molecular complexity index is 491. The smallest absolute Gasteiger partial charge is 0.346 e. The van der Waals surface area contributed by atoms with Crippen molar-refractivity contribution in [3.8, 4) is 0 Å². The zero-order valence-corrected chi connectivity index (χ0v) is 9.94. The molecule has 3 N–H and O–H groups in total. The summed E-state index contributed by atoms with van der Waals surface area (Å²) in [5.41, 5.74) is 0.958. The van der Waals surface area contributed by atoms with E-state index in [9.17, 15) is 14.4 Å². The highest BCUT2D eigenvalue weighted by molar-refractivity contribution is 5.99. The second-order valence-corrected chi connectivity index (χ2v) is 3.80. The molecule has 0 fully saturated rings. The minimum Gasteiger partial charge on any atom is -0.479 e. The van der Waals surface area contributed by atoms with Crippen LogP contribution in [0.15, 0.2) is 24.3 Å². The normalized spacial score (nSPS) is 13.4. The Labute approximate surface area is 108 Å². The molecule has 0 radical (unpaired) electrons. The monoisotopic (exact) mass is 268 g/mol. The van der Waals surface area contributed by atoms with Crippen molar-refractivity contribution in [1.29, 1.82) is 0 Å². The summed E-state index contributed by atoms with van der Waals surface area (Å²) in [6, 6.07) is 6.04. The zero-order chi connectivity index (χ0) is 14.6. The van der Waals surface area contributed by atoms with Crippen LogP contribution in [0.5, 0.6) is 0 Å². The molecule has 102 valence electrons. The van der Waals surface area contributed by atoms with E-state index in [0.29, 0.717) is 0 Å². The molecule has 2 atom stereocenters. The molecule has 0 heterocycles. The number of carboxylic acids is 1. The summed E-state index contributed by atoms with van der Waals surface area (Å²) in [7, 11) is 0. The van der Waals surface area contributed by atoms with Crippen LogP contribution < -0.4 is 0 Å². The van der Waals surface area contributed by atoms with Crippen LogP contribution in [-0.4, -0.2) is 45.4 Å². The highest BCUT2D eigenvalue weighted by Crippen LogP contribution is 2.06. The second-order valence-electron chi connectivity index (χ2n) is 3.80. The molecule has 1 aromatic carbocycles. The molecular weight excluding hydrogens is 256 g/mol. The zero-order valence-electron chi connectivity index (χ0n) is 9.94. The maximum absolute atomic E-state index is 11.5. The van der Waals surface area contributed by atoms with E-state index in [2.05, 4.69) is 4.74 Å². The molecule has 0 aromatic heterocycles. The Morgan fingerprint density at radius 2 is 1.58 bits per heavy atom. The summed E-state index contributed by atoms with van der Waals surface area (Å²) >= 11 is 0. The Morgan fingerprint density at radius 1 is 1.05 bits per heavy atom. The van der Waals surface area contributed by atoms with Crippen molar-refractivity contribution in [2.24, 2.45) is 0 Å². The summed E-state index contributed by atoms with van der Waals surface area (Å²) in [5.74, 6) is -4.37. The van der Waals surface area contributed by atoms with Gasteiger partial charge in [0.05, 0.1) is 5.56 Å². The van der Waals surface area contributed by atoms with Gasteiger partial charge in [0.25, 0.3) is 0 Å². The number of hydrogen-bond donors (Lipinski definition) is 3. The lowest BCUT2D eigenvalue weighted by molar-refractivity contribution is -0.166. The molecule has 0 spiro atoms. The van der Waals surface area contributed by atoms with Gasteiger partial charge in [-0.15, -0.1) is 0 Å². The number of aliphatic hydroxyl groups excluding tert-OH is 2. The molecule has 1 aromatic rings. The number of benzene rings is 1. The Hall–Kier alpha value is -2.25. The van der Waals surface area contributed by atoms with E-state index in [4.69, 9.17) is 15.3 Å². The van der Waals surface area contributed by atoms with Crippen molar-refractivity contribution in [1.82, 2.24) is 0 Å². The fourth-order valence-corrected chi connectivity index (χ4v) is 1.16. The van der Waals surface area contributed by atoms with Gasteiger partial charge in [0, 0.05) is 0 Å². The maximum atomic E-state index is 11.5. The third-order valence-corrected chi connectivity index (χ3v) is 2.27. The summed E-state index contributed by atoms with van der Waals surface area (Å²) in [5, 5.41) is 26.4. The van der Waals surface area contributed by atoms with Gasteiger partial charge >= 0.3 is 17.9 Å². The Kier molecular flexibility index (Phi) is 4.74. The van der Waals surface area contributed by atoms with Gasteiger partial charge in [-0.25, -0.2) is 14.4 Å². The van der Waals surface area contributed by atoms with Gasteiger partial charge in [-0.3, -0.25) is 0 Å². The van der Waals surface area contributed by atoms with E-state index in [1.165, 1.54) is 12.1 Å². The number of carboxylic acid groups (broad SMARTS) is 1. The van der Waals surface area contributed by atoms with Gasteiger partial charge in [-0.1, -0.05) is 17.7 Å². The number of esters is 2. The molecule has 2 unspecified atom stereocenters. The van der Waals surface area contributed by atoms with Gasteiger partial charge in [0.15, 0.2) is 12.2 Å². The molecule has 0 saturated carbocycles. The lowest BCUT2D eigenvalue weighted by atomic mass is 10.1. The molecule has 19 heavy (non-hydrogen) atoms. The average molecular weight is 268 g/mol. The molecule has 0 aliphatic rings. The molecule has 0 aliphatic carbocycles. The number of aliphatic hydroxyl groups is 2. The number of carbonyl (C=O) groups is 3. The third-order valence-electron chi connectivity index (χ3n) is 2.27. The maximum Gasteiger partial charge on any atom is 0.346 e. The average Bonchev–Trinajstić information content (AvgIpc) is 2.37. The van der Waals surface area contributed by atoms with E-state index >= 15 is 0 Å². The molecule has 0 aliphatic heterocycles. The SMILES string of the molecule is Cc1ccc(C(=O)OC(=O)C(O)C(O)C(=O)O)cc1. The number of rotatable bonds is 4. The van der Waals surface area contributed by atoms with E-state index in [1.54, 1.807) is 19.1 Å². The minimum atomic E-state index is -2.35. The number of ether oxygens (including phenoxy) is 1. The molecule has 7 nitrogen and oxygen atoms in total. The lowest BCUT2D eigenvalue weighted by Crippen LogP contribution is -2.41. The molecular formula is C12H12O7. The first-order valence-electron chi connectivity index (χ1n) is 5.24. The van der Waals surface area contributed by atoms with Crippen LogP contribution >= 0.6 is 0 Å². The number of carbonyl (C=O) groups excluding carboxylic acids is 2. The quantitative estimate of drug-likeness (QED) is 0.496. The second kappa shape index (κ2) is 6.07. The number of hydrogen-bond acceptors (Lipinski definition) is 6. The summed E-state index contributed by atoms with van der Waals surface area (Å²) < 4.78 is 4.26. The molecule has 0 saturated heterocycles. The summed E-state index contributed by atoms with van der Waals surface area (Å²) in [6.45, 7) is 1.80. The first-order chi connectivity index (χ1) is 8.82. The van der Waals surface area contributed by atoms with Crippen LogP contribution in [0.25, 0.3) is 0 Å². The molecule has 7 heteroatoms. The highest BCUT2D eigenvalue weighted by Gasteiger charge is 2.32. The third kappa shape index (κ3) is 3.87. The fraction of sp³-hybridized carbons (Fsp3) is 0.250. The first-order valence-corrected chi connectivity index (χ1v) is 5.24. The van der Waals surface area contributed by atoms with E-state index in [-0.39, 0.29) is 5.56 Å². The Morgan fingerprint density at radius 3 is 2.05 bits per heavy atom. The molecule has 0 amide bonds. The van der Waals surface area contributed by atoms with E-state index in [0.717, 1.165) is 5.56 Å². The van der Waals surface area contributed by atoms with Crippen molar-refractivity contribution in [3.63, 3.8) is 0 Å². The largest absolute Gasteiger partial charge is 0.479 e. The minimum absolute atomic E-state index is 0.0657. The van der Waals surface area contributed by atoms with Gasteiger partial charge < -0.3 is 20.1 Å². The highest BCUT2D eigenvalue weighted by atomic mass is 16.6. The molecule has 1 rings (SSSR count). The van der Waals surface area contributed by atoms with Crippen LogP contribution in [0.2, 0.25) is 0 Å². The number of aliphatic carboxylic acids is 1. The van der Waals surface area contributed by atoms with Crippen LogP contribution in [-0.2, 0) is 14.3 Å². The van der Waals surface area contributed by atoms with Gasteiger partial charge in [0.1, 0.15) is 0 Å². The topological polar surface area (TPSA) is 121 Å². The standard InChI is InChI=1S/C12H12O7/c1-6-2-4-7(5-3-6)11(17)19-12(18)9(14)8(13)10(15)16/h2-5,8-9,13-14H,1H3,(H,15,16). The molecule has 0 bridgehead atoms. The van der Waals surface area contributed by atoms with Crippen molar-refractivity contribution >= 4 is 17.9 Å². The van der Waals surface area contributed by atoms with Crippen LogP contribution in [0.3, 0.4) is 0 Å². The lowest BCUT2D eigenvalue weighted by Gasteiger charge is -2.12. The van der Waals surface area contributed by atoms with Crippen LogP contribution in [0.1, 0.15) is 15.9 Å². The number of aryl methyl sites for hydroxylation is 1. The van der Waals surface area contributed by atoms with Gasteiger partial charge in [-0.2, -0.15) is 0 Å². The van der Waals surface area contributed by atoms with Crippen molar-refractivity contribution in [2.75, 3.05) is 0 Å². The van der Waals surface area contributed by atoms with Crippen molar-refractivity contribution in [2.45, 2.75) is 19.1 Å². The summed E-state index contributed by atoms with van der Waals surface area (Å²) in [6.07, 6.45) is -4.68. The fourth-order valence-electron chi connectivity index (χ4n) is 1.16.